The number of aromatic nitrogens is 2. The van der Waals surface area contributed by atoms with Crippen LogP contribution in [0.5, 0.6) is 5.75 Å². The van der Waals surface area contributed by atoms with Gasteiger partial charge in [-0.05, 0) is 56.3 Å². The summed E-state index contributed by atoms with van der Waals surface area (Å²) < 4.78 is 11.1. The Hall–Kier alpha value is -4.20. The standard InChI is InChI=1S/C23H20N4O4/c1-14-15(2)25-20-12-16(8-10-19(20)24-14)22(28)26-27-23(29)21-11-9-18(31-21)13-30-17-6-4-3-5-7-17/h3-12H,13H2,1-2H3,(H,26,28)(H,27,29). The van der Waals surface area contributed by atoms with Gasteiger partial charge < -0.3 is 9.15 Å². The zero-order valence-corrected chi connectivity index (χ0v) is 17.0. The molecule has 0 aliphatic carbocycles. The fourth-order valence-electron chi connectivity index (χ4n) is 2.87. The van der Waals surface area contributed by atoms with Crippen LogP contribution in [0.1, 0.15) is 38.1 Å². The summed E-state index contributed by atoms with van der Waals surface area (Å²) in [6.45, 7) is 3.92. The van der Waals surface area contributed by atoms with Crippen molar-refractivity contribution in [1.29, 1.82) is 0 Å². The zero-order valence-electron chi connectivity index (χ0n) is 17.0. The number of nitrogens with one attached hydrogen (secondary N) is 2. The summed E-state index contributed by atoms with van der Waals surface area (Å²) in [4.78, 5) is 33.6. The van der Waals surface area contributed by atoms with E-state index < -0.39 is 11.8 Å². The second-order valence-corrected chi connectivity index (χ2v) is 6.87. The van der Waals surface area contributed by atoms with Crippen molar-refractivity contribution in [2.45, 2.75) is 20.5 Å². The molecule has 2 N–H and O–H groups in total. The zero-order chi connectivity index (χ0) is 21.8. The Morgan fingerprint density at radius 3 is 2.35 bits per heavy atom. The molecule has 2 amide bonds. The highest BCUT2D eigenvalue weighted by molar-refractivity contribution is 5.99. The van der Waals surface area contributed by atoms with Crippen molar-refractivity contribution in [3.05, 3.63) is 89.1 Å². The average molecular weight is 416 g/mol. The topological polar surface area (TPSA) is 106 Å². The van der Waals surface area contributed by atoms with E-state index in [0.29, 0.717) is 28.1 Å². The number of amides is 2. The molecule has 0 atom stereocenters. The summed E-state index contributed by atoms with van der Waals surface area (Å²) >= 11 is 0. The normalized spacial score (nSPS) is 10.6. The molecule has 4 aromatic rings. The van der Waals surface area contributed by atoms with Crippen molar-refractivity contribution in [1.82, 2.24) is 20.8 Å². The molecule has 0 bridgehead atoms. The van der Waals surface area contributed by atoms with Crippen molar-refractivity contribution >= 4 is 22.8 Å². The lowest BCUT2D eigenvalue weighted by Gasteiger charge is -2.08. The second kappa shape index (κ2) is 8.66. The van der Waals surface area contributed by atoms with Crippen LogP contribution in [0.15, 0.2) is 65.1 Å². The maximum atomic E-state index is 12.4. The van der Waals surface area contributed by atoms with Gasteiger partial charge >= 0.3 is 5.91 Å². The Bertz CT molecular complexity index is 1250. The third-order valence-electron chi connectivity index (χ3n) is 4.64. The Balaban J connectivity index is 1.35. The molecule has 4 rings (SSSR count). The van der Waals surface area contributed by atoms with E-state index >= 15 is 0 Å². The second-order valence-electron chi connectivity index (χ2n) is 6.87. The summed E-state index contributed by atoms with van der Waals surface area (Å²) in [5.74, 6) is 0.185. The number of carbonyl (C=O) groups excluding carboxylic acids is 2. The van der Waals surface area contributed by atoms with Crippen LogP contribution < -0.4 is 15.6 Å². The minimum atomic E-state index is -0.577. The number of hydrazine groups is 1. The Morgan fingerprint density at radius 2 is 1.58 bits per heavy atom. The van der Waals surface area contributed by atoms with E-state index in [0.717, 1.165) is 11.4 Å². The van der Waals surface area contributed by atoms with Crippen molar-refractivity contribution in [3.63, 3.8) is 0 Å². The molecular formula is C23H20N4O4. The van der Waals surface area contributed by atoms with Gasteiger partial charge in [0.2, 0.25) is 0 Å². The highest BCUT2D eigenvalue weighted by Crippen LogP contribution is 2.15. The van der Waals surface area contributed by atoms with Crippen LogP contribution in [0.25, 0.3) is 11.0 Å². The molecule has 0 unspecified atom stereocenters. The maximum absolute atomic E-state index is 12.4. The number of carbonyl (C=O) groups is 2. The fourth-order valence-corrected chi connectivity index (χ4v) is 2.87. The van der Waals surface area contributed by atoms with Gasteiger partial charge in [-0.2, -0.15) is 0 Å². The van der Waals surface area contributed by atoms with Crippen LogP contribution in [-0.4, -0.2) is 21.8 Å². The molecule has 0 spiro atoms. The summed E-state index contributed by atoms with van der Waals surface area (Å²) in [5, 5.41) is 0. The number of hydrogen-bond acceptors (Lipinski definition) is 6. The lowest BCUT2D eigenvalue weighted by atomic mass is 10.1. The van der Waals surface area contributed by atoms with Gasteiger partial charge in [0.05, 0.1) is 22.4 Å². The van der Waals surface area contributed by atoms with E-state index in [1.54, 1.807) is 24.3 Å². The smallest absolute Gasteiger partial charge is 0.305 e. The molecule has 0 aliphatic heterocycles. The summed E-state index contributed by atoms with van der Waals surface area (Å²) in [5.41, 5.74) is 8.01. The van der Waals surface area contributed by atoms with Gasteiger partial charge in [0.1, 0.15) is 18.1 Å². The molecular weight excluding hydrogens is 396 g/mol. The van der Waals surface area contributed by atoms with Crippen LogP contribution >= 0.6 is 0 Å². The number of aryl methyl sites for hydroxylation is 2. The van der Waals surface area contributed by atoms with E-state index in [9.17, 15) is 9.59 Å². The van der Waals surface area contributed by atoms with E-state index in [-0.39, 0.29) is 12.4 Å². The lowest BCUT2D eigenvalue weighted by molar-refractivity contribution is 0.0828. The maximum Gasteiger partial charge on any atom is 0.305 e. The molecule has 0 saturated heterocycles. The van der Waals surface area contributed by atoms with Gasteiger partial charge in [-0.15, -0.1) is 0 Å². The number of rotatable bonds is 5. The van der Waals surface area contributed by atoms with Gasteiger partial charge in [0.15, 0.2) is 5.76 Å². The number of benzene rings is 2. The number of hydrogen-bond donors (Lipinski definition) is 2. The number of nitrogens with zero attached hydrogens (tertiary/aromatic N) is 2. The van der Waals surface area contributed by atoms with Gasteiger partial charge in [-0.3, -0.25) is 20.4 Å². The van der Waals surface area contributed by atoms with E-state index in [2.05, 4.69) is 20.8 Å². The molecule has 0 aliphatic rings. The van der Waals surface area contributed by atoms with Crippen LogP contribution in [0.3, 0.4) is 0 Å². The van der Waals surface area contributed by atoms with E-state index in [1.165, 1.54) is 6.07 Å². The van der Waals surface area contributed by atoms with Gasteiger partial charge in [0, 0.05) is 5.56 Å². The molecule has 2 aromatic heterocycles. The number of fused-ring (bicyclic) bond motifs is 1. The van der Waals surface area contributed by atoms with Gasteiger partial charge in [-0.1, -0.05) is 18.2 Å². The summed E-state index contributed by atoms with van der Waals surface area (Å²) in [6, 6.07) is 17.4. The monoisotopic (exact) mass is 416 g/mol. The third kappa shape index (κ3) is 4.69. The molecule has 0 fully saturated rings. The fraction of sp³-hybridized carbons (Fsp3) is 0.130. The van der Waals surface area contributed by atoms with Crippen LogP contribution in [-0.2, 0) is 6.61 Å². The number of ether oxygens (including phenoxy) is 1. The Kier molecular flexibility index (Phi) is 5.61. The van der Waals surface area contributed by atoms with Gasteiger partial charge in [-0.25, -0.2) is 9.97 Å². The van der Waals surface area contributed by atoms with E-state index in [1.807, 2.05) is 44.2 Å². The first-order valence-corrected chi connectivity index (χ1v) is 9.62. The van der Waals surface area contributed by atoms with Crippen molar-refractivity contribution in [2.24, 2.45) is 0 Å². The molecule has 0 saturated carbocycles. The Labute approximate surface area is 178 Å². The molecule has 8 nitrogen and oxygen atoms in total. The highest BCUT2D eigenvalue weighted by Gasteiger charge is 2.14. The molecule has 2 aromatic carbocycles. The molecule has 8 heteroatoms. The van der Waals surface area contributed by atoms with Crippen molar-refractivity contribution in [3.8, 4) is 5.75 Å². The van der Waals surface area contributed by atoms with Crippen LogP contribution in [0.4, 0.5) is 0 Å². The predicted octanol–water partition coefficient (Wildman–Crippen LogP) is 3.49. The lowest BCUT2D eigenvalue weighted by Crippen LogP contribution is -2.41. The first kappa shape index (κ1) is 20.1. The molecule has 31 heavy (non-hydrogen) atoms. The first-order valence-electron chi connectivity index (χ1n) is 9.62. The van der Waals surface area contributed by atoms with Crippen LogP contribution in [0.2, 0.25) is 0 Å². The largest absolute Gasteiger partial charge is 0.486 e. The minimum absolute atomic E-state index is 0.0578. The average Bonchev–Trinajstić information content (AvgIpc) is 3.26. The molecule has 2 heterocycles. The van der Waals surface area contributed by atoms with Gasteiger partial charge in [0.25, 0.3) is 5.91 Å². The number of furan rings is 1. The quantitative estimate of drug-likeness (QED) is 0.483. The predicted molar refractivity (Wildman–Crippen MR) is 113 cm³/mol. The van der Waals surface area contributed by atoms with E-state index in [4.69, 9.17) is 9.15 Å². The summed E-state index contributed by atoms with van der Waals surface area (Å²) in [6.07, 6.45) is 0. The van der Waals surface area contributed by atoms with Crippen LogP contribution in [0, 0.1) is 13.8 Å². The Morgan fingerprint density at radius 1 is 0.871 bits per heavy atom. The SMILES string of the molecule is Cc1nc2ccc(C(=O)NNC(=O)c3ccc(COc4ccccc4)o3)cc2nc1C. The van der Waals surface area contributed by atoms with Crippen molar-refractivity contribution in [2.75, 3.05) is 0 Å². The molecule has 0 radical (unpaired) electrons. The van der Waals surface area contributed by atoms with Crippen molar-refractivity contribution < 1.29 is 18.7 Å². The first-order chi connectivity index (χ1) is 15.0. The highest BCUT2D eigenvalue weighted by atomic mass is 16.5. The molecule has 156 valence electrons. The number of para-hydroxylation sites is 1. The summed E-state index contributed by atoms with van der Waals surface area (Å²) in [7, 11) is 0. The third-order valence-corrected chi connectivity index (χ3v) is 4.64. The minimum Gasteiger partial charge on any atom is -0.486 e.